The molecule has 4 saturated carbocycles. The second-order valence-electron chi connectivity index (χ2n) is 6.87. The molecule has 1 aromatic heterocycles. The Morgan fingerprint density at radius 2 is 1.56 bits per heavy atom. The summed E-state index contributed by atoms with van der Waals surface area (Å²) >= 11 is 0. The van der Waals surface area contributed by atoms with Gasteiger partial charge in [0.05, 0.1) is 6.54 Å². The predicted octanol–water partition coefficient (Wildman–Crippen LogP) is 3.35. The van der Waals surface area contributed by atoms with Crippen molar-refractivity contribution in [3.05, 3.63) is 23.7 Å². The van der Waals surface area contributed by atoms with Gasteiger partial charge in [-0.2, -0.15) is 0 Å². The van der Waals surface area contributed by atoms with Crippen molar-refractivity contribution in [2.75, 3.05) is 0 Å². The molecule has 0 atom stereocenters. The van der Waals surface area contributed by atoms with Gasteiger partial charge in [0, 0.05) is 6.42 Å². The second-order valence-corrected chi connectivity index (χ2v) is 6.87. The number of nitrogens with two attached hydrogens (primary N) is 1. The monoisotopic (exact) mass is 245 g/mol. The van der Waals surface area contributed by atoms with E-state index in [1.165, 1.54) is 37.9 Å². The van der Waals surface area contributed by atoms with Gasteiger partial charge in [-0.05, 0) is 73.8 Å². The fourth-order valence-electron chi connectivity index (χ4n) is 5.25. The molecule has 0 aromatic carbocycles. The minimum absolute atomic E-state index is 0.529. The van der Waals surface area contributed by atoms with Crippen LogP contribution in [0.15, 0.2) is 16.5 Å². The zero-order valence-corrected chi connectivity index (χ0v) is 11.0. The van der Waals surface area contributed by atoms with Crippen LogP contribution < -0.4 is 5.73 Å². The highest BCUT2D eigenvalue weighted by Crippen LogP contribution is 2.57. The Morgan fingerprint density at radius 3 is 2.11 bits per heavy atom. The van der Waals surface area contributed by atoms with Gasteiger partial charge in [0.2, 0.25) is 0 Å². The van der Waals surface area contributed by atoms with Crippen molar-refractivity contribution in [2.45, 2.75) is 45.1 Å². The van der Waals surface area contributed by atoms with Crippen LogP contribution in [0.1, 0.15) is 43.6 Å². The highest BCUT2D eigenvalue weighted by Gasteiger charge is 2.48. The van der Waals surface area contributed by atoms with Crippen LogP contribution in [0.4, 0.5) is 0 Å². The first-order chi connectivity index (χ1) is 8.81. The van der Waals surface area contributed by atoms with Crippen molar-refractivity contribution >= 4 is 0 Å². The number of rotatable bonds is 3. The van der Waals surface area contributed by atoms with Crippen molar-refractivity contribution in [2.24, 2.45) is 35.3 Å². The fraction of sp³-hybridized carbons (Fsp3) is 0.750. The summed E-state index contributed by atoms with van der Waals surface area (Å²) in [6.45, 7) is 0.529. The minimum atomic E-state index is 0.529. The average Bonchev–Trinajstić information content (AvgIpc) is 2.80. The summed E-state index contributed by atoms with van der Waals surface area (Å²) in [5, 5.41) is 0. The topological polar surface area (TPSA) is 39.2 Å². The maximum absolute atomic E-state index is 5.81. The van der Waals surface area contributed by atoms with Gasteiger partial charge >= 0.3 is 0 Å². The van der Waals surface area contributed by atoms with E-state index in [2.05, 4.69) is 6.07 Å². The first-order valence-corrected chi connectivity index (χ1v) is 7.59. The largest absolute Gasteiger partial charge is 0.465 e. The van der Waals surface area contributed by atoms with Crippen molar-refractivity contribution in [1.82, 2.24) is 0 Å². The highest BCUT2D eigenvalue weighted by molar-refractivity contribution is 5.10. The number of hydrogen-bond acceptors (Lipinski definition) is 2. The SMILES string of the molecule is NCc1ccc(CC2C3CC4CC(C3)CC2C4)o1. The minimum Gasteiger partial charge on any atom is -0.465 e. The Balaban J connectivity index is 1.51. The fourth-order valence-corrected chi connectivity index (χ4v) is 5.25. The molecule has 2 N–H and O–H groups in total. The first-order valence-electron chi connectivity index (χ1n) is 7.59. The lowest BCUT2D eigenvalue weighted by molar-refractivity contribution is -0.0377. The van der Waals surface area contributed by atoms with Crippen molar-refractivity contribution < 1.29 is 4.42 Å². The summed E-state index contributed by atoms with van der Waals surface area (Å²) in [7, 11) is 0. The van der Waals surface area contributed by atoms with Crippen LogP contribution in [0.2, 0.25) is 0 Å². The molecule has 1 aromatic rings. The molecule has 0 saturated heterocycles. The molecule has 4 aliphatic rings. The van der Waals surface area contributed by atoms with E-state index in [0.29, 0.717) is 6.54 Å². The maximum Gasteiger partial charge on any atom is 0.117 e. The van der Waals surface area contributed by atoms with Gasteiger partial charge in [0.15, 0.2) is 0 Å². The van der Waals surface area contributed by atoms with E-state index >= 15 is 0 Å². The van der Waals surface area contributed by atoms with Crippen molar-refractivity contribution in [3.63, 3.8) is 0 Å². The van der Waals surface area contributed by atoms with Gasteiger partial charge in [0.1, 0.15) is 11.5 Å². The Kier molecular flexibility index (Phi) is 2.54. The zero-order chi connectivity index (χ0) is 12.1. The normalized spacial score (nSPS) is 41.5. The van der Waals surface area contributed by atoms with Gasteiger partial charge < -0.3 is 10.2 Å². The van der Waals surface area contributed by atoms with E-state index < -0.39 is 0 Å². The molecule has 0 amide bonds. The molecule has 5 rings (SSSR count). The standard InChI is InChI=1S/C16H23NO/c17-9-15-2-1-14(18-15)8-16-12-4-10-3-11(6-12)7-13(16)5-10/h1-2,10-13,16H,3-9,17H2. The third-order valence-corrected chi connectivity index (χ3v) is 5.78. The van der Waals surface area contributed by atoms with E-state index in [0.717, 1.165) is 41.8 Å². The van der Waals surface area contributed by atoms with Crippen LogP contribution in [0, 0.1) is 29.6 Å². The molecule has 2 heteroatoms. The predicted molar refractivity (Wildman–Crippen MR) is 70.8 cm³/mol. The molecule has 4 fully saturated rings. The van der Waals surface area contributed by atoms with Gasteiger partial charge in [0.25, 0.3) is 0 Å². The van der Waals surface area contributed by atoms with Crippen LogP contribution >= 0.6 is 0 Å². The van der Waals surface area contributed by atoms with Crippen molar-refractivity contribution in [3.8, 4) is 0 Å². The summed E-state index contributed by atoms with van der Waals surface area (Å²) in [6.07, 6.45) is 8.71. The molecule has 0 spiro atoms. The third-order valence-electron chi connectivity index (χ3n) is 5.78. The molecule has 2 nitrogen and oxygen atoms in total. The second kappa shape index (κ2) is 4.12. The summed E-state index contributed by atoms with van der Waals surface area (Å²) < 4.78 is 5.81. The number of furan rings is 1. The highest BCUT2D eigenvalue weighted by atomic mass is 16.3. The summed E-state index contributed by atoms with van der Waals surface area (Å²) in [5.41, 5.74) is 5.62. The van der Waals surface area contributed by atoms with Gasteiger partial charge in [-0.3, -0.25) is 0 Å². The third kappa shape index (κ3) is 1.73. The molecule has 0 aliphatic heterocycles. The van der Waals surface area contributed by atoms with Crippen LogP contribution in [-0.2, 0) is 13.0 Å². The van der Waals surface area contributed by atoms with Gasteiger partial charge in [-0.25, -0.2) is 0 Å². The summed E-state index contributed by atoms with van der Waals surface area (Å²) in [5.74, 6) is 7.14. The Labute approximate surface area is 109 Å². The molecule has 0 unspecified atom stereocenters. The van der Waals surface area contributed by atoms with E-state index in [4.69, 9.17) is 10.2 Å². The Morgan fingerprint density at radius 1 is 0.944 bits per heavy atom. The lowest BCUT2D eigenvalue weighted by atomic mass is 9.51. The molecule has 4 bridgehead atoms. The van der Waals surface area contributed by atoms with E-state index in [-0.39, 0.29) is 0 Å². The Hall–Kier alpha value is -0.760. The smallest absolute Gasteiger partial charge is 0.117 e. The van der Waals surface area contributed by atoms with Gasteiger partial charge in [-0.1, -0.05) is 0 Å². The molecular formula is C16H23NO. The van der Waals surface area contributed by atoms with Crippen LogP contribution in [0.3, 0.4) is 0 Å². The van der Waals surface area contributed by atoms with Crippen LogP contribution in [-0.4, -0.2) is 0 Å². The molecule has 4 aliphatic carbocycles. The first kappa shape index (κ1) is 11.1. The molecule has 1 heterocycles. The molecule has 98 valence electrons. The van der Waals surface area contributed by atoms with Crippen molar-refractivity contribution in [1.29, 1.82) is 0 Å². The molecular weight excluding hydrogens is 222 g/mol. The molecule has 0 radical (unpaired) electrons. The van der Waals surface area contributed by atoms with E-state index in [9.17, 15) is 0 Å². The van der Waals surface area contributed by atoms with Crippen LogP contribution in [0.25, 0.3) is 0 Å². The number of hydrogen-bond donors (Lipinski definition) is 1. The van der Waals surface area contributed by atoms with Gasteiger partial charge in [-0.15, -0.1) is 0 Å². The maximum atomic E-state index is 5.81. The zero-order valence-electron chi connectivity index (χ0n) is 11.0. The summed E-state index contributed by atoms with van der Waals surface area (Å²) in [6, 6.07) is 4.19. The summed E-state index contributed by atoms with van der Waals surface area (Å²) in [4.78, 5) is 0. The lowest BCUT2D eigenvalue weighted by Gasteiger charge is -2.54. The average molecular weight is 245 g/mol. The van der Waals surface area contributed by atoms with Crippen LogP contribution in [0.5, 0.6) is 0 Å². The van der Waals surface area contributed by atoms with E-state index in [1.807, 2.05) is 6.07 Å². The Bertz CT molecular complexity index is 408. The lowest BCUT2D eigenvalue weighted by Crippen LogP contribution is -2.45. The van der Waals surface area contributed by atoms with E-state index in [1.54, 1.807) is 0 Å². The molecule has 18 heavy (non-hydrogen) atoms. The quantitative estimate of drug-likeness (QED) is 0.887.